The third kappa shape index (κ3) is 3.77. The topological polar surface area (TPSA) is 72.2 Å². The number of sulfonamides is 1. The molecule has 0 radical (unpaired) electrons. The maximum Gasteiger partial charge on any atom is 0.240 e. The van der Waals surface area contributed by atoms with Crippen molar-refractivity contribution in [1.29, 1.82) is 0 Å². The van der Waals surface area contributed by atoms with Gasteiger partial charge in [-0.1, -0.05) is 13.8 Å². The van der Waals surface area contributed by atoms with Gasteiger partial charge in [-0.25, -0.2) is 17.5 Å². The molecule has 0 saturated heterocycles. The van der Waals surface area contributed by atoms with Crippen molar-refractivity contribution in [2.24, 2.45) is 11.1 Å². The van der Waals surface area contributed by atoms with Gasteiger partial charge < -0.3 is 5.73 Å². The lowest BCUT2D eigenvalue weighted by Crippen LogP contribution is -2.41. The van der Waals surface area contributed by atoms with E-state index in [1.165, 1.54) is 12.1 Å². The summed E-state index contributed by atoms with van der Waals surface area (Å²) in [6.45, 7) is 6.27. The van der Waals surface area contributed by atoms with Gasteiger partial charge in [0, 0.05) is 6.54 Å². The fraction of sp³-hybridized carbons (Fsp3) is 0.571. The molecule has 20 heavy (non-hydrogen) atoms. The zero-order valence-electron chi connectivity index (χ0n) is 12.2. The van der Waals surface area contributed by atoms with Crippen LogP contribution < -0.4 is 10.5 Å². The van der Waals surface area contributed by atoms with Gasteiger partial charge in [-0.3, -0.25) is 0 Å². The van der Waals surface area contributed by atoms with E-state index < -0.39 is 15.8 Å². The van der Waals surface area contributed by atoms with E-state index in [2.05, 4.69) is 4.72 Å². The molecule has 114 valence electrons. The van der Waals surface area contributed by atoms with E-state index in [9.17, 15) is 12.8 Å². The Morgan fingerprint density at radius 1 is 1.30 bits per heavy atom. The van der Waals surface area contributed by atoms with E-state index in [1.54, 1.807) is 6.92 Å². The van der Waals surface area contributed by atoms with Gasteiger partial charge in [0.1, 0.15) is 5.82 Å². The van der Waals surface area contributed by atoms with Gasteiger partial charge in [0.25, 0.3) is 0 Å². The average Bonchev–Trinajstić information content (AvgIpc) is 2.40. The van der Waals surface area contributed by atoms with Crippen molar-refractivity contribution in [3.05, 3.63) is 29.6 Å². The number of nitrogens with one attached hydrogen (secondary N) is 1. The Morgan fingerprint density at radius 3 is 2.35 bits per heavy atom. The molecule has 1 rings (SSSR count). The first-order valence-corrected chi connectivity index (χ1v) is 8.24. The maximum absolute atomic E-state index is 13.0. The summed E-state index contributed by atoms with van der Waals surface area (Å²) in [5.41, 5.74) is 5.92. The molecule has 0 unspecified atom stereocenters. The molecule has 0 aromatic heterocycles. The van der Waals surface area contributed by atoms with Crippen molar-refractivity contribution in [2.45, 2.75) is 38.5 Å². The molecule has 0 spiro atoms. The molecule has 0 amide bonds. The van der Waals surface area contributed by atoms with E-state index in [0.29, 0.717) is 12.1 Å². The Labute approximate surface area is 120 Å². The first-order chi connectivity index (χ1) is 9.30. The molecular formula is C14H23FN2O2S. The van der Waals surface area contributed by atoms with E-state index in [4.69, 9.17) is 5.73 Å². The second-order valence-electron chi connectivity index (χ2n) is 5.15. The molecule has 6 heteroatoms. The van der Waals surface area contributed by atoms with E-state index in [1.807, 2.05) is 13.8 Å². The van der Waals surface area contributed by atoms with Crippen molar-refractivity contribution < 1.29 is 12.8 Å². The molecule has 0 bridgehead atoms. The molecule has 4 nitrogen and oxygen atoms in total. The Hall–Kier alpha value is -0.980. The van der Waals surface area contributed by atoms with Gasteiger partial charge >= 0.3 is 0 Å². The SMILES string of the molecule is CCC(CC)(CN)CNS(=O)(=O)c1ccc(F)cc1C. The molecule has 0 aliphatic carbocycles. The molecule has 0 heterocycles. The molecule has 0 atom stereocenters. The summed E-state index contributed by atoms with van der Waals surface area (Å²) in [7, 11) is -3.64. The van der Waals surface area contributed by atoms with Gasteiger partial charge in [-0.2, -0.15) is 0 Å². The summed E-state index contributed by atoms with van der Waals surface area (Å²) in [6, 6.07) is 3.65. The van der Waals surface area contributed by atoms with Crippen molar-refractivity contribution in [2.75, 3.05) is 13.1 Å². The number of halogens is 1. The molecule has 0 saturated carbocycles. The largest absolute Gasteiger partial charge is 0.330 e. The highest BCUT2D eigenvalue weighted by Gasteiger charge is 2.27. The minimum absolute atomic E-state index is 0.108. The van der Waals surface area contributed by atoms with Gasteiger partial charge in [0.2, 0.25) is 10.0 Å². The van der Waals surface area contributed by atoms with Gasteiger partial charge in [0.05, 0.1) is 4.90 Å². The van der Waals surface area contributed by atoms with Crippen LogP contribution in [-0.2, 0) is 10.0 Å². The Balaban J connectivity index is 2.96. The van der Waals surface area contributed by atoms with Gasteiger partial charge in [-0.15, -0.1) is 0 Å². The number of nitrogens with two attached hydrogens (primary N) is 1. The molecule has 0 aliphatic heterocycles. The monoisotopic (exact) mass is 302 g/mol. The molecule has 1 aromatic carbocycles. The summed E-state index contributed by atoms with van der Waals surface area (Å²) in [5, 5.41) is 0. The zero-order valence-corrected chi connectivity index (χ0v) is 13.1. The number of hydrogen-bond acceptors (Lipinski definition) is 3. The first-order valence-electron chi connectivity index (χ1n) is 6.76. The standard InChI is InChI=1S/C14H23FN2O2S/c1-4-14(5-2,9-16)10-17-20(18,19)13-7-6-12(15)8-11(13)3/h6-8,17H,4-5,9-10,16H2,1-3H3. The van der Waals surface area contributed by atoms with Crippen LogP contribution in [0.15, 0.2) is 23.1 Å². The average molecular weight is 302 g/mol. The van der Waals surface area contributed by atoms with Crippen molar-refractivity contribution in [3.63, 3.8) is 0 Å². The quantitative estimate of drug-likeness (QED) is 0.811. The number of benzene rings is 1. The summed E-state index contributed by atoms with van der Waals surface area (Å²) in [6.07, 6.45) is 1.59. The van der Waals surface area contributed by atoms with E-state index in [0.717, 1.165) is 18.9 Å². The summed E-state index contributed by atoms with van der Waals surface area (Å²) in [5.74, 6) is -0.445. The molecule has 0 fully saturated rings. The first kappa shape index (κ1) is 17.1. The van der Waals surface area contributed by atoms with Gasteiger partial charge in [-0.05, 0) is 55.5 Å². The van der Waals surface area contributed by atoms with Crippen LogP contribution in [0.2, 0.25) is 0 Å². The Morgan fingerprint density at radius 2 is 1.90 bits per heavy atom. The van der Waals surface area contributed by atoms with Crippen LogP contribution in [0, 0.1) is 18.2 Å². The second-order valence-corrected chi connectivity index (χ2v) is 6.88. The van der Waals surface area contributed by atoms with Crippen molar-refractivity contribution in [1.82, 2.24) is 4.72 Å². The second kappa shape index (κ2) is 6.65. The minimum Gasteiger partial charge on any atom is -0.330 e. The summed E-state index contributed by atoms with van der Waals surface area (Å²) < 4.78 is 40.2. The zero-order chi connectivity index (χ0) is 15.4. The van der Waals surface area contributed by atoms with Crippen LogP contribution in [-0.4, -0.2) is 21.5 Å². The lowest BCUT2D eigenvalue weighted by atomic mass is 9.83. The summed E-state index contributed by atoms with van der Waals surface area (Å²) >= 11 is 0. The van der Waals surface area contributed by atoms with E-state index in [-0.39, 0.29) is 16.9 Å². The summed E-state index contributed by atoms with van der Waals surface area (Å²) in [4.78, 5) is 0.108. The lowest BCUT2D eigenvalue weighted by Gasteiger charge is -2.30. The van der Waals surface area contributed by atoms with E-state index >= 15 is 0 Å². The van der Waals surface area contributed by atoms with Crippen molar-refractivity contribution >= 4 is 10.0 Å². The van der Waals surface area contributed by atoms with Crippen LogP contribution in [0.4, 0.5) is 4.39 Å². The molecule has 1 aromatic rings. The Kier molecular flexibility index (Phi) is 5.68. The number of rotatable bonds is 7. The third-order valence-electron chi connectivity index (χ3n) is 4.00. The van der Waals surface area contributed by atoms with Crippen LogP contribution in [0.1, 0.15) is 32.3 Å². The highest BCUT2D eigenvalue weighted by molar-refractivity contribution is 7.89. The fourth-order valence-electron chi connectivity index (χ4n) is 2.10. The maximum atomic E-state index is 13.0. The van der Waals surface area contributed by atoms with Gasteiger partial charge in [0.15, 0.2) is 0 Å². The fourth-order valence-corrected chi connectivity index (χ4v) is 3.48. The lowest BCUT2D eigenvalue weighted by molar-refractivity contribution is 0.275. The highest BCUT2D eigenvalue weighted by atomic mass is 32.2. The highest BCUT2D eigenvalue weighted by Crippen LogP contribution is 2.25. The smallest absolute Gasteiger partial charge is 0.240 e. The third-order valence-corrected chi connectivity index (χ3v) is 5.56. The number of hydrogen-bond donors (Lipinski definition) is 2. The van der Waals surface area contributed by atoms with Crippen molar-refractivity contribution in [3.8, 4) is 0 Å². The molecule has 3 N–H and O–H groups in total. The Bertz CT molecular complexity index is 546. The number of aryl methyl sites for hydroxylation is 1. The van der Waals surface area contributed by atoms with Crippen LogP contribution in [0.3, 0.4) is 0 Å². The minimum atomic E-state index is -3.64. The van der Waals surface area contributed by atoms with Crippen LogP contribution in [0.25, 0.3) is 0 Å². The normalized spacial score (nSPS) is 12.7. The molecular weight excluding hydrogens is 279 g/mol. The molecule has 0 aliphatic rings. The van der Waals surface area contributed by atoms with Crippen LogP contribution >= 0.6 is 0 Å². The predicted octanol–water partition coefficient (Wildman–Crippen LogP) is 2.18. The van der Waals surface area contributed by atoms with Crippen LogP contribution in [0.5, 0.6) is 0 Å². The predicted molar refractivity (Wildman–Crippen MR) is 78.4 cm³/mol.